The Bertz CT molecular complexity index is 2110. The molecule has 3 saturated heterocycles. The van der Waals surface area contributed by atoms with Crippen LogP contribution in [-0.4, -0.2) is 199 Å². The number of sulfonamides is 1. The first-order valence-corrected chi connectivity index (χ1v) is 27.5. The van der Waals surface area contributed by atoms with Crippen LogP contribution in [0.4, 0.5) is 4.39 Å². The Balaban J connectivity index is 1.43. The number of alkyl halides is 1. The van der Waals surface area contributed by atoms with E-state index in [9.17, 15) is 43.1 Å². The van der Waals surface area contributed by atoms with Crippen molar-refractivity contribution in [3.63, 3.8) is 0 Å². The van der Waals surface area contributed by atoms with Crippen LogP contribution in [0.3, 0.4) is 0 Å². The first kappa shape index (κ1) is 62.2. The number of hydrogen-bond acceptors (Lipinski definition) is 20. The molecule has 1 aromatic carbocycles. The zero-order valence-electron chi connectivity index (χ0n) is 45.9. The largest absolute Gasteiger partial charge is 0.459 e. The van der Waals surface area contributed by atoms with Crippen LogP contribution in [0.5, 0.6) is 0 Å². The van der Waals surface area contributed by atoms with Gasteiger partial charge < -0.3 is 73.9 Å². The van der Waals surface area contributed by atoms with Crippen molar-refractivity contribution in [2.45, 2.75) is 209 Å². The lowest BCUT2D eigenvalue weighted by molar-refractivity contribution is -0.318. The molecule has 0 radical (unpaired) electrons. The summed E-state index contributed by atoms with van der Waals surface area (Å²) in [7, 11) is 2.68. The van der Waals surface area contributed by atoms with Crippen molar-refractivity contribution in [2.75, 3.05) is 48.1 Å². The van der Waals surface area contributed by atoms with Gasteiger partial charge in [0.25, 0.3) is 0 Å². The molecule has 0 aliphatic carbocycles. The lowest BCUT2D eigenvalue weighted by Gasteiger charge is -2.49. The Morgan fingerprint density at radius 3 is 2.22 bits per heavy atom. The van der Waals surface area contributed by atoms with E-state index in [1.807, 2.05) is 37.7 Å². The number of carbonyl (C=O) groups excluding carboxylic acids is 1. The maximum Gasteiger partial charge on any atom is 0.311 e. The lowest BCUT2D eigenvalue weighted by atomic mass is 9.77. The van der Waals surface area contributed by atoms with Gasteiger partial charge >= 0.3 is 5.97 Å². The van der Waals surface area contributed by atoms with E-state index >= 15 is 0 Å². The summed E-state index contributed by atoms with van der Waals surface area (Å²) in [4.78, 5) is 18.3. The van der Waals surface area contributed by atoms with Gasteiger partial charge in [-0.2, -0.15) is 0 Å². The number of hydrazine groups is 2. The van der Waals surface area contributed by atoms with E-state index in [1.165, 1.54) is 45.4 Å². The van der Waals surface area contributed by atoms with Crippen LogP contribution in [0, 0.1) is 17.8 Å². The molecule has 20 atom stereocenters. The second-order valence-electron chi connectivity index (χ2n) is 22.2. The number of nitrogens with one attached hydrogen (secondary N) is 2. The van der Waals surface area contributed by atoms with Gasteiger partial charge in [-0.05, 0) is 105 Å². The van der Waals surface area contributed by atoms with Crippen LogP contribution in [0.15, 0.2) is 41.1 Å². The predicted octanol–water partition coefficient (Wildman–Crippen LogP) is 2.20. The number of aliphatic hydroxyl groups excluding tert-OH is 3. The molecule has 5 rings (SSSR count). The molecule has 0 amide bonds. The van der Waals surface area contributed by atoms with Gasteiger partial charge in [0.15, 0.2) is 12.6 Å². The highest BCUT2D eigenvalue weighted by atomic mass is 32.2. The molecular formula is C51H89FN6O15S. The van der Waals surface area contributed by atoms with E-state index in [0.717, 1.165) is 0 Å². The van der Waals surface area contributed by atoms with Gasteiger partial charge in [0.1, 0.15) is 48.8 Å². The van der Waals surface area contributed by atoms with Gasteiger partial charge in [-0.15, -0.1) is 5.53 Å². The molecule has 0 aromatic heterocycles. The van der Waals surface area contributed by atoms with Crippen molar-refractivity contribution in [3.8, 4) is 0 Å². The summed E-state index contributed by atoms with van der Waals surface area (Å²) in [5, 5.41) is 66.6. The maximum atomic E-state index is 14.8. The number of aliphatic hydroxyl groups is 5. The molecule has 3 fully saturated rings. The zero-order chi connectivity index (χ0) is 55.4. The minimum absolute atomic E-state index is 0.0716. The van der Waals surface area contributed by atoms with Crippen molar-refractivity contribution >= 4 is 16.0 Å². The smallest absolute Gasteiger partial charge is 0.311 e. The highest BCUT2D eigenvalue weighted by Gasteiger charge is 2.53. The maximum absolute atomic E-state index is 14.8. The summed E-state index contributed by atoms with van der Waals surface area (Å²) in [5.41, 5.74) is 2.72. The van der Waals surface area contributed by atoms with Crippen LogP contribution >= 0.6 is 0 Å². The minimum atomic E-state index is -3.93. The average Bonchev–Trinajstić information content (AvgIpc) is 3.81. The number of carbonyl (C=O) groups is 1. The second kappa shape index (κ2) is 25.4. The number of rotatable bonds is 16. The number of ether oxygens (including phenoxy) is 7. The molecule has 4 aliphatic heterocycles. The summed E-state index contributed by atoms with van der Waals surface area (Å²) in [5.74, 6) is -2.93. The topological polar surface area (TPSA) is 277 Å². The highest BCUT2D eigenvalue weighted by molar-refractivity contribution is 7.89. The van der Waals surface area contributed by atoms with Crippen LogP contribution in [-0.2, 0) is 48.0 Å². The van der Waals surface area contributed by atoms with Crippen molar-refractivity contribution < 1.29 is 76.3 Å². The number of benzene rings is 1. The van der Waals surface area contributed by atoms with Crippen LogP contribution in [0.25, 0.3) is 0 Å². The second-order valence-corrected chi connectivity index (χ2v) is 23.8. The van der Waals surface area contributed by atoms with E-state index in [0.29, 0.717) is 37.2 Å². The molecule has 74 heavy (non-hydrogen) atoms. The van der Waals surface area contributed by atoms with Gasteiger partial charge in [0, 0.05) is 70.0 Å². The van der Waals surface area contributed by atoms with Crippen molar-refractivity contribution in [1.82, 2.24) is 25.8 Å². The number of nitrogens with zero attached hydrogens (tertiary/aromatic N) is 3. The van der Waals surface area contributed by atoms with E-state index < -0.39 is 137 Å². The molecule has 9 N–H and O–H groups in total. The van der Waals surface area contributed by atoms with Crippen molar-refractivity contribution in [1.29, 1.82) is 0 Å². The zero-order valence-corrected chi connectivity index (χ0v) is 46.7. The summed E-state index contributed by atoms with van der Waals surface area (Å²) in [6.07, 6.45) is -8.30. The third-order valence-electron chi connectivity index (χ3n) is 16.1. The van der Waals surface area contributed by atoms with E-state index in [4.69, 9.17) is 38.3 Å². The SMILES string of the molecule is CC[C@H]1OC(=O)[C@H](C)[C@@H](O[C@H]2C[C@@](C)(OC)[C@@H](O)[C@H](C)O2)[C@H](C)[C@@H](O[C@@H]2O[C@H](C)C[C@H](N(C)CCC3=CN([C@H](CF)[C@H](OC)c4ccc(S(N)(=O)=O)cc4)NN3)[C@H]2O)[C@](C)(O)C[C@@H](C)CN(C)[C@H](C)[C@@H](O)[C@]1(C)O. The summed E-state index contributed by atoms with van der Waals surface area (Å²) < 4.78 is 82.4. The standard InChI is InChI=1S/C51H89FN6O15S/c1-15-39-51(10,64)44(60)32(6)57(12)26-28(2)23-49(8,63)46(30(4)42(31(5)47(62)71-39)72-40-24-50(9,68-14)45(61)33(7)70-40)73-48-41(59)37(22-29(3)69-48)56(11)21-20-35-27-58(55-54-35)38(25-52)43(67-13)34-16-18-36(19-17-34)74(53,65)66/h16-19,27-33,37-46,48,54-55,59-61,63-64H,15,20-26H2,1-14H3,(H2,53,65,66)/t28-,29-,30+,31-,32-,33+,37+,38-,39-,40+,41-,42+,43-,44-,45+,46-,48+,49-,50-,51-/m1/s1. The quantitative estimate of drug-likeness (QED) is 0.110. The van der Waals surface area contributed by atoms with E-state index in [2.05, 4.69) is 11.0 Å². The molecule has 4 heterocycles. The number of likely N-dealkylation sites (N-methyl/N-ethyl adjacent to an activating group) is 2. The third kappa shape index (κ3) is 14.3. The Morgan fingerprint density at radius 1 is 0.986 bits per heavy atom. The Hall–Kier alpha value is -2.69. The fourth-order valence-electron chi connectivity index (χ4n) is 11.5. The Labute approximate surface area is 438 Å². The number of cyclic esters (lactones) is 1. The minimum Gasteiger partial charge on any atom is -0.459 e. The number of halogens is 1. The van der Waals surface area contributed by atoms with Gasteiger partial charge in [-0.1, -0.05) is 32.9 Å². The summed E-state index contributed by atoms with van der Waals surface area (Å²) in [6, 6.07) is 3.79. The molecule has 0 spiro atoms. The first-order chi connectivity index (χ1) is 34.4. The van der Waals surface area contributed by atoms with Gasteiger partial charge in [0.2, 0.25) is 10.0 Å². The third-order valence-corrected chi connectivity index (χ3v) is 17.1. The summed E-state index contributed by atoms with van der Waals surface area (Å²) in [6.45, 7) is 17.3. The van der Waals surface area contributed by atoms with Gasteiger partial charge in [0.05, 0.1) is 46.4 Å². The molecule has 426 valence electrons. The molecule has 0 bridgehead atoms. The molecule has 23 heteroatoms. The first-order valence-electron chi connectivity index (χ1n) is 25.9. The van der Waals surface area contributed by atoms with Crippen LogP contribution in [0.2, 0.25) is 0 Å². The number of esters is 1. The number of hydrogen-bond donors (Lipinski definition) is 8. The van der Waals surface area contributed by atoms with E-state index in [-0.39, 0.29) is 30.1 Å². The monoisotopic (exact) mass is 1080 g/mol. The highest BCUT2D eigenvalue weighted by Crippen LogP contribution is 2.40. The predicted molar refractivity (Wildman–Crippen MR) is 271 cm³/mol. The van der Waals surface area contributed by atoms with E-state index in [1.54, 1.807) is 59.7 Å². The molecule has 21 nitrogen and oxygen atoms in total. The fourth-order valence-corrected chi connectivity index (χ4v) is 12.0. The number of methoxy groups -OCH3 is 2. The van der Waals surface area contributed by atoms with Crippen molar-refractivity contribution in [2.24, 2.45) is 22.9 Å². The Kier molecular flexibility index (Phi) is 21.3. The van der Waals surface area contributed by atoms with Crippen LogP contribution in [0.1, 0.15) is 113 Å². The average molecular weight is 1080 g/mol. The summed E-state index contributed by atoms with van der Waals surface area (Å²) >= 11 is 0. The number of primary sulfonamides is 1. The molecular weight excluding hydrogens is 988 g/mol. The molecule has 1 aromatic rings. The van der Waals surface area contributed by atoms with Crippen LogP contribution < -0.4 is 16.1 Å². The number of nitrogens with two attached hydrogens (primary N) is 1. The van der Waals surface area contributed by atoms with Gasteiger partial charge in [-0.25, -0.2) is 17.9 Å². The molecule has 0 saturated carbocycles. The van der Waals surface area contributed by atoms with Gasteiger partial charge in [-0.3, -0.25) is 9.80 Å². The fraction of sp³-hybridized carbons (Fsp3) is 0.824. The molecule has 0 unspecified atom stereocenters. The molecule has 4 aliphatic rings. The van der Waals surface area contributed by atoms with Crippen molar-refractivity contribution in [3.05, 3.63) is 41.7 Å². The Morgan fingerprint density at radius 2 is 1.64 bits per heavy atom. The lowest BCUT2D eigenvalue weighted by Crippen LogP contribution is -2.61. The normalized spacial score (nSPS) is 40.4.